The summed E-state index contributed by atoms with van der Waals surface area (Å²) in [6.45, 7) is 3.82. The molecule has 0 spiro atoms. The Bertz CT molecular complexity index is 566. The van der Waals surface area contributed by atoms with Gasteiger partial charge in [-0.05, 0) is 75.3 Å². The minimum atomic E-state index is -0.844. The monoisotopic (exact) mass is 317 g/mol. The maximum Gasteiger partial charge on any atom is 0.335 e. The molecule has 1 aromatic carbocycles. The minimum Gasteiger partial charge on any atom is -0.478 e. The van der Waals surface area contributed by atoms with E-state index in [1.54, 1.807) is 6.07 Å². The molecule has 4 nitrogen and oxygen atoms in total. The molecule has 0 radical (unpaired) electrons. The highest BCUT2D eigenvalue weighted by molar-refractivity contribution is 5.87. The first-order valence-corrected chi connectivity index (χ1v) is 8.69. The summed E-state index contributed by atoms with van der Waals surface area (Å²) in [5.74, 6) is -0.284. The highest BCUT2D eigenvalue weighted by Crippen LogP contribution is 2.39. The lowest BCUT2D eigenvalue weighted by molar-refractivity contribution is 0.0292. The molecule has 2 atom stereocenters. The van der Waals surface area contributed by atoms with Gasteiger partial charge < -0.3 is 14.7 Å². The van der Waals surface area contributed by atoms with Crippen LogP contribution in [-0.4, -0.2) is 48.3 Å². The average molecular weight is 317 g/mol. The van der Waals surface area contributed by atoms with E-state index in [-0.39, 0.29) is 0 Å². The molecule has 2 aliphatic rings. The summed E-state index contributed by atoms with van der Waals surface area (Å²) in [7, 11) is 2.27. The molecule has 4 heteroatoms. The number of nitrogens with zero attached hydrogens (tertiary/aromatic N) is 1. The van der Waals surface area contributed by atoms with Crippen LogP contribution in [0.3, 0.4) is 0 Å². The summed E-state index contributed by atoms with van der Waals surface area (Å²) in [5, 5.41) is 9.11. The summed E-state index contributed by atoms with van der Waals surface area (Å²) >= 11 is 0. The molecule has 2 fully saturated rings. The van der Waals surface area contributed by atoms with E-state index in [1.165, 1.54) is 24.8 Å². The Morgan fingerprint density at radius 3 is 2.57 bits per heavy atom. The van der Waals surface area contributed by atoms with Gasteiger partial charge in [-0.3, -0.25) is 0 Å². The standard InChI is InChI=1S/C19H27NO3/c1-13-11-15(19(21)22)4-6-18(13)14-3-5-17(12-14)20(2)16-7-9-23-10-8-16/h4,6,11,14,16-17H,3,5,7-10,12H2,1-2H3,(H,21,22). The summed E-state index contributed by atoms with van der Waals surface area (Å²) in [6.07, 6.45) is 5.90. The number of ether oxygens (including phenoxy) is 1. The molecule has 0 amide bonds. The molecule has 1 heterocycles. The first-order valence-electron chi connectivity index (χ1n) is 8.69. The Labute approximate surface area is 138 Å². The smallest absolute Gasteiger partial charge is 0.335 e. The Hall–Kier alpha value is -1.39. The lowest BCUT2D eigenvalue weighted by Crippen LogP contribution is -2.42. The fraction of sp³-hybridized carbons (Fsp3) is 0.632. The molecule has 23 heavy (non-hydrogen) atoms. The van der Waals surface area contributed by atoms with E-state index in [9.17, 15) is 4.79 Å². The molecule has 0 aromatic heterocycles. The summed E-state index contributed by atoms with van der Waals surface area (Å²) in [6, 6.07) is 6.89. The number of hydrogen-bond acceptors (Lipinski definition) is 3. The van der Waals surface area contributed by atoms with Crippen molar-refractivity contribution >= 4 is 5.97 Å². The van der Waals surface area contributed by atoms with Crippen LogP contribution in [0.15, 0.2) is 18.2 Å². The summed E-state index contributed by atoms with van der Waals surface area (Å²) < 4.78 is 5.47. The third kappa shape index (κ3) is 3.59. The number of aromatic carboxylic acids is 1. The van der Waals surface area contributed by atoms with Gasteiger partial charge in [0.1, 0.15) is 0 Å². The van der Waals surface area contributed by atoms with Crippen LogP contribution in [0.1, 0.15) is 59.5 Å². The lowest BCUT2D eigenvalue weighted by Gasteiger charge is -2.35. The molecule has 1 aromatic rings. The number of benzene rings is 1. The van der Waals surface area contributed by atoms with E-state index in [1.807, 2.05) is 19.1 Å². The van der Waals surface area contributed by atoms with Crippen LogP contribution in [0.25, 0.3) is 0 Å². The maximum absolute atomic E-state index is 11.1. The molecule has 126 valence electrons. The number of hydrogen-bond donors (Lipinski definition) is 1. The molecular weight excluding hydrogens is 290 g/mol. The SMILES string of the molecule is Cc1cc(C(=O)O)ccc1C1CCC(N(C)C2CCOCC2)C1. The highest BCUT2D eigenvalue weighted by atomic mass is 16.5. The largest absolute Gasteiger partial charge is 0.478 e. The minimum absolute atomic E-state index is 0.389. The second-order valence-corrected chi connectivity index (χ2v) is 7.05. The van der Waals surface area contributed by atoms with Gasteiger partial charge in [-0.1, -0.05) is 6.07 Å². The highest BCUT2D eigenvalue weighted by Gasteiger charge is 2.32. The van der Waals surface area contributed by atoms with Crippen molar-refractivity contribution in [3.05, 3.63) is 34.9 Å². The van der Waals surface area contributed by atoms with Crippen molar-refractivity contribution in [2.75, 3.05) is 20.3 Å². The average Bonchev–Trinajstić information content (AvgIpc) is 3.04. The number of carboxylic acid groups (broad SMARTS) is 1. The van der Waals surface area contributed by atoms with Gasteiger partial charge in [0.25, 0.3) is 0 Å². The number of rotatable bonds is 4. The molecule has 1 N–H and O–H groups in total. The van der Waals surface area contributed by atoms with Crippen LogP contribution >= 0.6 is 0 Å². The van der Waals surface area contributed by atoms with Gasteiger partial charge in [0.15, 0.2) is 0 Å². The molecule has 1 saturated carbocycles. The Balaban J connectivity index is 1.66. The molecule has 3 rings (SSSR count). The van der Waals surface area contributed by atoms with Crippen molar-refractivity contribution in [1.82, 2.24) is 4.90 Å². The molecule has 1 aliphatic carbocycles. The second-order valence-electron chi connectivity index (χ2n) is 7.05. The van der Waals surface area contributed by atoms with Crippen LogP contribution < -0.4 is 0 Å². The molecule has 1 saturated heterocycles. The zero-order valence-electron chi connectivity index (χ0n) is 14.1. The number of carbonyl (C=O) groups is 1. The predicted octanol–water partition coefficient (Wildman–Crippen LogP) is 3.44. The van der Waals surface area contributed by atoms with Crippen molar-refractivity contribution < 1.29 is 14.6 Å². The van der Waals surface area contributed by atoms with Gasteiger partial charge in [-0.2, -0.15) is 0 Å². The van der Waals surface area contributed by atoms with Gasteiger partial charge in [-0.25, -0.2) is 4.79 Å². The summed E-state index contributed by atoms with van der Waals surface area (Å²) in [5.41, 5.74) is 2.84. The van der Waals surface area contributed by atoms with Crippen molar-refractivity contribution in [2.24, 2.45) is 0 Å². The van der Waals surface area contributed by atoms with Gasteiger partial charge in [0, 0.05) is 25.3 Å². The molecule has 1 aliphatic heterocycles. The van der Waals surface area contributed by atoms with Gasteiger partial charge in [0.2, 0.25) is 0 Å². The molecule has 2 unspecified atom stereocenters. The fourth-order valence-electron chi connectivity index (χ4n) is 4.27. The van der Waals surface area contributed by atoms with E-state index in [2.05, 4.69) is 11.9 Å². The first kappa shape index (κ1) is 16.5. The fourth-order valence-corrected chi connectivity index (χ4v) is 4.27. The Kier molecular flexibility index (Phi) is 5.02. The Morgan fingerprint density at radius 2 is 1.91 bits per heavy atom. The topological polar surface area (TPSA) is 49.8 Å². The van der Waals surface area contributed by atoms with Crippen LogP contribution in [0.4, 0.5) is 0 Å². The van der Waals surface area contributed by atoms with Crippen molar-refractivity contribution in [1.29, 1.82) is 0 Å². The van der Waals surface area contributed by atoms with E-state index >= 15 is 0 Å². The molecular formula is C19H27NO3. The summed E-state index contributed by atoms with van der Waals surface area (Å²) in [4.78, 5) is 13.7. The van der Waals surface area contributed by atoms with E-state index in [4.69, 9.17) is 9.84 Å². The van der Waals surface area contributed by atoms with Crippen molar-refractivity contribution in [3.63, 3.8) is 0 Å². The van der Waals surface area contributed by atoms with Crippen LogP contribution in [0, 0.1) is 6.92 Å². The van der Waals surface area contributed by atoms with Crippen LogP contribution in [0.5, 0.6) is 0 Å². The zero-order chi connectivity index (χ0) is 16.4. The normalized spacial score (nSPS) is 25.9. The molecule has 0 bridgehead atoms. The first-order chi connectivity index (χ1) is 11.1. The third-order valence-corrected chi connectivity index (χ3v) is 5.70. The van der Waals surface area contributed by atoms with Gasteiger partial charge in [0.05, 0.1) is 5.56 Å². The van der Waals surface area contributed by atoms with Crippen LogP contribution in [0.2, 0.25) is 0 Å². The Morgan fingerprint density at radius 1 is 1.17 bits per heavy atom. The van der Waals surface area contributed by atoms with Gasteiger partial charge >= 0.3 is 5.97 Å². The zero-order valence-corrected chi connectivity index (χ0v) is 14.1. The lowest BCUT2D eigenvalue weighted by atomic mass is 9.92. The quantitative estimate of drug-likeness (QED) is 0.924. The second kappa shape index (κ2) is 7.02. The van der Waals surface area contributed by atoms with Crippen molar-refractivity contribution in [3.8, 4) is 0 Å². The van der Waals surface area contributed by atoms with E-state index in [0.717, 1.165) is 31.6 Å². The van der Waals surface area contributed by atoms with Crippen LogP contribution in [-0.2, 0) is 4.74 Å². The number of aryl methyl sites for hydroxylation is 1. The van der Waals surface area contributed by atoms with Crippen molar-refractivity contribution in [2.45, 2.75) is 57.0 Å². The predicted molar refractivity (Wildman–Crippen MR) is 90.1 cm³/mol. The van der Waals surface area contributed by atoms with Gasteiger partial charge in [-0.15, -0.1) is 0 Å². The number of carboxylic acids is 1. The van der Waals surface area contributed by atoms with E-state index in [0.29, 0.717) is 23.6 Å². The maximum atomic E-state index is 11.1. The van der Waals surface area contributed by atoms with E-state index < -0.39 is 5.97 Å². The third-order valence-electron chi connectivity index (χ3n) is 5.70.